The molecule has 0 aliphatic heterocycles. The third-order valence-electron chi connectivity index (χ3n) is 3.94. The van der Waals surface area contributed by atoms with Gasteiger partial charge in [0.05, 0.1) is 30.1 Å². The van der Waals surface area contributed by atoms with Gasteiger partial charge in [0.2, 0.25) is 5.75 Å². The Morgan fingerprint density at radius 3 is 2.61 bits per heavy atom. The first-order chi connectivity index (χ1) is 15.4. The van der Waals surface area contributed by atoms with Crippen LogP contribution in [0.4, 0.5) is 22.0 Å². The average molecular weight is 489 g/mol. The summed E-state index contributed by atoms with van der Waals surface area (Å²) in [5.41, 5.74) is -4.15. The normalized spacial score (nSPS) is 11.8. The van der Waals surface area contributed by atoms with E-state index in [4.69, 9.17) is 21.6 Å². The predicted molar refractivity (Wildman–Crippen MR) is 107 cm³/mol. The van der Waals surface area contributed by atoms with E-state index < -0.39 is 47.6 Å². The summed E-state index contributed by atoms with van der Waals surface area (Å²) in [6.07, 6.45) is -6.99. The number of hydrogen-bond acceptors (Lipinski definition) is 5. The number of nitrogens with zero attached hydrogens (tertiary/aromatic N) is 3. The first-order valence-electron chi connectivity index (χ1n) is 8.82. The van der Waals surface area contributed by atoms with Gasteiger partial charge in [-0.2, -0.15) is 18.4 Å². The summed E-state index contributed by atoms with van der Waals surface area (Å²) in [5.74, 6) is -2.66. The molecule has 1 aromatic heterocycles. The highest BCUT2D eigenvalue weighted by atomic mass is 35.5. The van der Waals surface area contributed by atoms with Crippen LogP contribution in [0.15, 0.2) is 53.1 Å². The van der Waals surface area contributed by atoms with Gasteiger partial charge < -0.3 is 10.1 Å². The second-order valence-corrected chi connectivity index (χ2v) is 6.82. The number of aromatic nitrogens is 2. The van der Waals surface area contributed by atoms with E-state index in [0.29, 0.717) is 17.0 Å². The van der Waals surface area contributed by atoms with E-state index in [0.717, 1.165) is 19.2 Å². The Hall–Kier alpha value is -3.72. The number of ether oxygens (including phenoxy) is 1. The lowest BCUT2D eigenvalue weighted by Crippen LogP contribution is -2.27. The minimum absolute atomic E-state index is 0.0333. The second kappa shape index (κ2) is 10.3. The monoisotopic (exact) mass is 488 g/mol. The molecule has 0 aliphatic rings. The highest BCUT2D eigenvalue weighted by molar-refractivity contribution is 6.30. The van der Waals surface area contributed by atoms with Crippen molar-refractivity contribution in [3.63, 3.8) is 0 Å². The van der Waals surface area contributed by atoms with Crippen LogP contribution in [-0.4, -0.2) is 28.9 Å². The molecule has 33 heavy (non-hydrogen) atoms. The van der Waals surface area contributed by atoms with Crippen LogP contribution in [-0.2, 0) is 17.5 Å². The fraction of sp³-hybridized carbons (Fsp3) is 0.200. The Morgan fingerprint density at radius 1 is 1.39 bits per heavy atom. The molecule has 0 saturated heterocycles. The number of likely N-dealkylation sites (N-methyl/N-ethyl adjacent to an activating group) is 1. The molecule has 0 saturated carbocycles. The summed E-state index contributed by atoms with van der Waals surface area (Å²) in [6, 6.07) is 5.10. The molecule has 0 bridgehead atoms. The van der Waals surface area contributed by atoms with E-state index in [9.17, 15) is 31.5 Å². The molecule has 2 rings (SSSR count). The molecule has 0 atom stereocenters. The molecule has 1 heterocycles. The number of carbonyl (C=O) groups excluding carboxylic acids is 1. The Kier molecular flexibility index (Phi) is 7.94. The van der Waals surface area contributed by atoms with Crippen LogP contribution >= 0.6 is 11.6 Å². The second-order valence-electron chi connectivity index (χ2n) is 6.38. The van der Waals surface area contributed by atoms with Crippen molar-refractivity contribution < 1.29 is 31.5 Å². The lowest BCUT2D eigenvalue weighted by Gasteiger charge is -2.15. The minimum Gasteiger partial charge on any atom is -0.449 e. The Labute approximate surface area is 188 Å². The van der Waals surface area contributed by atoms with Crippen molar-refractivity contribution in [2.24, 2.45) is 0 Å². The van der Waals surface area contributed by atoms with Gasteiger partial charge in [-0.1, -0.05) is 18.2 Å². The summed E-state index contributed by atoms with van der Waals surface area (Å²) in [6.45, 7) is 2.88. The topological polar surface area (TPSA) is 97.0 Å². The maximum atomic E-state index is 13.4. The molecule has 0 radical (unpaired) electrons. The lowest BCUT2D eigenvalue weighted by atomic mass is 10.1. The van der Waals surface area contributed by atoms with Crippen LogP contribution in [0.1, 0.15) is 11.3 Å². The maximum absolute atomic E-state index is 13.4. The zero-order valence-electron chi connectivity index (χ0n) is 16.7. The molecular weight excluding hydrogens is 475 g/mol. The van der Waals surface area contributed by atoms with Crippen molar-refractivity contribution in [1.29, 1.82) is 5.26 Å². The van der Waals surface area contributed by atoms with Crippen molar-refractivity contribution in [2.75, 3.05) is 7.05 Å². The number of allylic oxidation sites excluding steroid dienone is 2. The van der Waals surface area contributed by atoms with Crippen LogP contribution in [0, 0.1) is 11.3 Å². The van der Waals surface area contributed by atoms with Gasteiger partial charge in [0.15, 0.2) is 5.69 Å². The number of nitriles is 1. The molecule has 0 spiro atoms. The van der Waals surface area contributed by atoms with E-state index in [1.807, 2.05) is 5.32 Å². The van der Waals surface area contributed by atoms with Crippen molar-refractivity contribution in [3.05, 3.63) is 75.0 Å². The van der Waals surface area contributed by atoms with Gasteiger partial charge >= 0.3 is 6.18 Å². The van der Waals surface area contributed by atoms with E-state index >= 15 is 0 Å². The molecule has 0 aliphatic carbocycles. The lowest BCUT2D eigenvalue weighted by molar-refractivity contribution is -0.142. The summed E-state index contributed by atoms with van der Waals surface area (Å²) in [7, 11) is 1.13. The summed E-state index contributed by atoms with van der Waals surface area (Å²) < 4.78 is 72.1. The fourth-order valence-electron chi connectivity index (χ4n) is 2.54. The van der Waals surface area contributed by atoms with Gasteiger partial charge in [-0.05, 0) is 29.8 Å². The molecule has 1 aromatic carbocycles. The smallest absolute Gasteiger partial charge is 0.437 e. The molecule has 174 valence electrons. The molecule has 1 N–H and O–H groups in total. The number of alkyl halides is 5. The zero-order valence-corrected chi connectivity index (χ0v) is 17.5. The quantitative estimate of drug-likeness (QED) is 0.360. The number of hydrogen-bond donors (Lipinski definition) is 1. The fourth-order valence-corrected chi connectivity index (χ4v) is 2.76. The van der Waals surface area contributed by atoms with Gasteiger partial charge in [0, 0.05) is 12.1 Å². The summed E-state index contributed by atoms with van der Waals surface area (Å²) in [5, 5.41) is 11.0. The number of halogens is 6. The standard InChI is InChI=1S/C20H14ClF5N4O3/c1-10(3-14(17(22)23)18(31)28-2)8-30-9-29-16(20(24,25)26)15(19(30)32)33-13-5-11(7-27)4-12(21)6-13/h3-6,9,17H,1,8H2,2H3,(H,28,31)/b14-3-. The predicted octanol–water partition coefficient (Wildman–Crippen LogP) is 4.07. The number of carbonyl (C=O) groups is 1. The molecule has 13 heteroatoms. The first kappa shape index (κ1) is 25.5. The number of rotatable bonds is 7. The molecule has 2 aromatic rings. The molecule has 7 nitrogen and oxygen atoms in total. The van der Waals surface area contributed by atoms with Crippen LogP contribution in [0.5, 0.6) is 11.5 Å². The minimum atomic E-state index is -5.08. The Bertz CT molecular complexity index is 1220. The van der Waals surface area contributed by atoms with Gasteiger partial charge in [0.1, 0.15) is 5.75 Å². The third kappa shape index (κ3) is 6.39. The van der Waals surface area contributed by atoms with Crippen molar-refractivity contribution in [2.45, 2.75) is 19.1 Å². The van der Waals surface area contributed by atoms with Crippen LogP contribution in [0.3, 0.4) is 0 Å². The van der Waals surface area contributed by atoms with Crippen molar-refractivity contribution in [3.8, 4) is 17.6 Å². The van der Waals surface area contributed by atoms with Crippen molar-refractivity contribution in [1.82, 2.24) is 14.9 Å². The first-order valence-corrected chi connectivity index (χ1v) is 9.20. The highest BCUT2D eigenvalue weighted by Crippen LogP contribution is 2.35. The van der Waals surface area contributed by atoms with Crippen LogP contribution in [0.2, 0.25) is 5.02 Å². The number of amides is 1. The number of nitrogens with one attached hydrogen (secondary N) is 1. The van der Waals surface area contributed by atoms with Gasteiger partial charge in [-0.15, -0.1) is 0 Å². The van der Waals surface area contributed by atoms with E-state index in [2.05, 4.69) is 11.6 Å². The van der Waals surface area contributed by atoms with Crippen molar-refractivity contribution >= 4 is 17.5 Å². The van der Waals surface area contributed by atoms with E-state index in [1.165, 1.54) is 6.07 Å². The SMILES string of the molecule is C=C(/C=C(\C(=O)NC)C(F)F)Cn1cnc(C(F)(F)F)c(Oc2cc(Cl)cc(C#N)c2)c1=O. The Morgan fingerprint density at radius 2 is 2.06 bits per heavy atom. The van der Waals surface area contributed by atoms with E-state index in [-0.39, 0.29) is 21.9 Å². The van der Waals surface area contributed by atoms with E-state index in [1.54, 1.807) is 6.07 Å². The highest BCUT2D eigenvalue weighted by Gasteiger charge is 2.38. The zero-order chi connectivity index (χ0) is 24.9. The maximum Gasteiger partial charge on any atom is 0.437 e. The van der Waals surface area contributed by atoms with Gasteiger partial charge in [0.25, 0.3) is 17.9 Å². The van der Waals surface area contributed by atoms with Crippen LogP contribution < -0.4 is 15.6 Å². The molecular formula is C20H14ClF5N4O3. The Balaban J connectivity index is 2.53. The van der Waals surface area contributed by atoms with Crippen LogP contribution in [0.25, 0.3) is 0 Å². The van der Waals surface area contributed by atoms with Gasteiger partial charge in [-0.3, -0.25) is 14.2 Å². The molecule has 0 fully saturated rings. The summed E-state index contributed by atoms with van der Waals surface area (Å²) >= 11 is 5.81. The molecule has 1 amide bonds. The summed E-state index contributed by atoms with van der Waals surface area (Å²) in [4.78, 5) is 27.5. The average Bonchev–Trinajstić information content (AvgIpc) is 2.72. The third-order valence-corrected chi connectivity index (χ3v) is 4.16. The van der Waals surface area contributed by atoms with Gasteiger partial charge in [-0.25, -0.2) is 13.8 Å². The number of benzene rings is 1. The largest absolute Gasteiger partial charge is 0.449 e. The molecule has 0 unspecified atom stereocenters.